The molecule has 2 nitrogen and oxygen atoms in total. The third-order valence-corrected chi connectivity index (χ3v) is 1.85. The zero-order chi connectivity index (χ0) is 11.3. The number of benzene rings is 1. The number of nitrogens with one attached hydrogen (secondary N) is 1. The summed E-state index contributed by atoms with van der Waals surface area (Å²) in [7, 11) is 0. The van der Waals surface area contributed by atoms with Crippen LogP contribution in [0, 0.1) is 5.82 Å². The molecule has 1 aromatic rings. The fourth-order valence-electron chi connectivity index (χ4n) is 1.26. The highest BCUT2D eigenvalue weighted by Crippen LogP contribution is 2.26. The Hall–Kier alpha value is -1.25. The average Bonchev–Trinajstić information content (AvgIpc) is 2.18. The van der Waals surface area contributed by atoms with Crippen LogP contribution in [0.3, 0.4) is 0 Å². The predicted molar refractivity (Wildman–Crippen MR) is 60.9 cm³/mol. The standard InChI is InChI=1S/C12H18FNO/c1-4-7-15-12-8-10(13)5-6-11(12)14-9(2)3/h5-6,8-9,14H,4,7H2,1-3H3. The van der Waals surface area contributed by atoms with Crippen LogP contribution in [0.15, 0.2) is 18.2 Å². The predicted octanol–water partition coefficient (Wildman–Crippen LogP) is 3.43. The van der Waals surface area contributed by atoms with Gasteiger partial charge in [-0.25, -0.2) is 4.39 Å². The lowest BCUT2D eigenvalue weighted by Gasteiger charge is -2.15. The fraction of sp³-hybridized carbons (Fsp3) is 0.500. The minimum Gasteiger partial charge on any atom is -0.491 e. The lowest BCUT2D eigenvalue weighted by Crippen LogP contribution is -2.11. The van der Waals surface area contributed by atoms with Crippen LogP contribution in [0.5, 0.6) is 5.75 Å². The lowest BCUT2D eigenvalue weighted by atomic mass is 10.2. The summed E-state index contributed by atoms with van der Waals surface area (Å²) in [5.74, 6) is 0.320. The SMILES string of the molecule is CCCOc1cc(F)ccc1NC(C)C. The first-order valence-electron chi connectivity index (χ1n) is 5.32. The van der Waals surface area contributed by atoms with Crippen molar-refractivity contribution in [1.82, 2.24) is 0 Å². The summed E-state index contributed by atoms with van der Waals surface area (Å²) in [5, 5.41) is 3.22. The van der Waals surface area contributed by atoms with Crippen molar-refractivity contribution in [1.29, 1.82) is 0 Å². The van der Waals surface area contributed by atoms with E-state index in [1.54, 1.807) is 6.07 Å². The highest BCUT2D eigenvalue weighted by Gasteiger charge is 2.06. The smallest absolute Gasteiger partial charge is 0.145 e. The van der Waals surface area contributed by atoms with E-state index in [0.717, 1.165) is 12.1 Å². The molecular formula is C12H18FNO. The summed E-state index contributed by atoms with van der Waals surface area (Å²) in [6.45, 7) is 6.70. The Morgan fingerprint density at radius 3 is 2.73 bits per heavy atom. The first-order valence-corrected chi connectivity index (χ1v) is 5.32. The van der Waals surface area contributed by atoms with Crippen LogP contribution in [0.25, 0.3) is 0 Å². The average molecular weight is 211 g/mol. The zero-order valence-corrected chi connectivity index (χ0v) is 9.51. The van der Waals surface area contributed by atoms with Crippen molar-refractivity contribution in [2.75, 3.05) is 11.9 Å². The Morgan fingerprint density at radius 2 is 2.13 bits per heavy atom. The van der Waals surface area contributed by atoms with E-state index in [1.807, 2.05) is 20.8 Å². The van der Waals surface area contributed by atoms with Crippen molar-refractivity contribution in [3.05, 3.63) is 24.0 Å². The van der Waals surface area contributed by atoms with Gasteiger partial charge >= 0.3 is 0 Å². The molecule has 0 aliphatic rings. The van der Waals surface area contributed by atoms with Gasteiger partial charge in [-0.15, -0.1) is 0 Å². The van der Waals surface area contributed by atoms with Gasteiger partial charge in [0.05, 0.1) is 12.3 Å². The summed E-state index contributed by atoms with van der Waals surface area (Å²) >= 11 is 0. The monoisotopic (exact) mass is 211 g/mol. The molecule has 1 aromatic carbocycles. The molecule has 0 amide bonds. The van der Waals surface area contributed by atoms with Crippen LogP contribution < -0.4 is 10.1 Å². The van der Waals surface area contributed by atoms with Crippen LogP contribution in [0.4, 0.5) is 10.1 Å². The molecule has 0 atom stereocenters. The minimum atomic E-state index is -0.268. The zero-order valence-electron chi connectivity index (χ0n) is 9.51. The summed E-state index contributed by atoms with van der Waals surface area (Å²) in [4.78, 5) is 0. The van der Waals surface area contributed by atoms with Gasteiger partial charge in [0, 0.05) is 12.1 Å². The lowest BCUT2D eigenvalue weighted by molar-refractivity contribution is 0.317. The molecule has 84 valence electrons. The molecule has 15 heavy (non-hydrogen) atoms. The Balaban J connectivity index is 2.82. The van der Waals surface area contributed by atoms with Gasteiger partial charge in [-0.05, 0) is 32.4 Å². The third-order valence-electron chi connectivity index (χ3n) is 1.85. The second kappa shape index (κ2) is 5.59. The first kappa shape index (κ1) is 11.8. The summed E-state index contributed by atoms with van der Waals surface area (Å²) in [6, 6.07) is 4.86. The van der Waals surface area contributed by atoms with Crippen LogP contribution in [-0.4, -0.2) is 12.6 Å². The second-order valence-electron chi connectivity index (χ2n) is 3.79. The van der Waals surface area contributed by atoms with E-state index in [9.17, 15) is 4.39 Å². The Kier molecular flexibility index (Phi) is 4.40. The van der Waals surface area contributed by atoms with Gasteiger partial charge in [0.2, 0.25) is 0 Å². The van der Waals surface area contributed by atoms with Gasteiger partial charge < -0.3 is 10.1 Å². The van der Waals surface area contributed by atoms with Crippen molar-refractivity contribution < 1.29 is 9.13 Å². The fourth-order valence-corrected chi connectivity index (χ4v) is 1.26. The molecule has 0 unspecified atom stereocenters. The Bertz CT molecular complexity index is 312. The van der Waals surface area contributed by atoms with Crippen molar-refractivity contribution in [2.45, 2.75) is 33.2 Å². The second-order valence-corrected chi connectivity index (χ2v) is 3.79. The van der Waals surface area contributed by atoms with Gasteiger partial charge in [-0.3, -0.25) is 0 Å². The molecule has 0 spiro atoms. The van der Waals surface area contributed by atoms with E-state index in [2.05, 4.69) is 5.32 Å². The number of rotatable bonds is 5. The maximum absolute atomic E-state index is 13.0. The van der Waals surface area contributed by atoms with Gasteiger partial charge in [-0.2, -0.15) is 0 Å². The van der Waals surface area contributed by atoms with Gasteiger partial charge in [0.25, 0.3) is 0 Å². The minimum absolute atomic E-state index is 0.268. The summed E-state index contributed by atoms with van der Waals surface area (Å²) < 4.78 is 18.5. The number of hydrogen-bond acceptors (Lipinski definition) is 2. The Morgan fingerprint density at radius 1 is 1.40 bits per heavy atom. The molecule has 0 saturated heterocycles. The maximum Gasteiger partial charge on any atom is 0.145 e. The van der Waals surface area contributed by atoms with Crippen LogP contribution in [0.2, 0.25) is 0 Å². The highest BCUT2D eigenvalue weighted by molar-refractivity contribution is 5.56. The highest BCUT2D eigenvalue weighted by atomic mass is 19.1. The molecule has 0 fully saturated rings. The number of halogens is 1. The Labute approximate surface area is 90.4 Å². The largest absolute Gasteiger partial charge is 0.491 e. The number of anilines is 1. The van der Waals surface area contributed by atoms with E-state index in [1.165, 1.54) is 12.1 Å². The van der Waals surface area contributed by atoms with Crippen molar-refractivity contribution in [2.24, 2.45) is 0 Å². The molecule has 3 heteroatoms. The van der Waals surface area contributed by atoms with Crippen molar-refractivity contribution in [3.63, 3.8) is 0 Å². The van der Waals surface area contributed by atoms with E-state index < -0.39 is 0 Å². The summed E-state index contributed by atoms with van der Waals surface area (Å²) in [6.07, 6.45) is 0.914. The molecule has 0 aliphatic carbocycles. The van der Waals surface area contributed by atoms with Gasteiger partial charge in [0.1, 0.15) is 11.6 Å². The van der Waals surface area contributed by atoms with Crippen molar-refractivity contribution >= 4 is 5.69 Å². The molecule has 0 heterocycles. The van der Waals surface area contributed by atoms with E-state index in [4.69, 9.17) is 4.74 Å². The maximum atomic E-state index is 13.0. The van der Waals surface area contributed by atoms with Crippen LogP contribution in [0.1, 0.15) is 27.2 Å². The molecule has 0 aromatic heterocycles. The van der Waals surface area contributed by atoms with E-state index >= 15 is 0 Å². The van der Waals surface area contributed by atoms with Crippen molar-refractivity contribution in [3.8, 4) is 5.75 Å². The third kappa shape index (κ3) is 3.78. The van der Waals surface area contributed by atoms with Crippen LogP contribution in [-0.2, 0) is 0 Å². The molecule has 0 aliphatic heterocycles. The molecule has 1 rings (SSSR count). The van der Waals surface area contributed by atoms with E-state index in [0.29, 0.717) is 18.4 Å². The summed E-state index contributed by atoms with van der Waals surface area (Å²) in [5.41, 5.74) is 0.847. The molecule has 0 saturated carbocycles. The molecular weight excluding hydrogens is 193 g/mol. The molecule has 1 N–H and O–H groups in total. The quantitative estimate of drug-likeness (QED) is 0.805. The first-order chi connectivity index (χ1) is 7.13. The van der Waals surface area contributed by atoms with E-state index in [-0.39, 0.29) is 5.82 Å². The normalized spacial score (nSPS) is 10.5. The number of ether oxygens (including phenoxy) is 1. The molecule has 0 bridgehead atoms. The molecule has 0 radical (unpaired) electrons. The number of hydrogen-bond donors (Lipinski definition) is 1. The van der Waals surface area contributed by atoms with Gasteiger partial charge in [-0.1, -0.05) is 6.92 Å². The van der Waals surface area contributed by atoms with Crippen LogP contribution >= 0.6 is 0 Å². The van der Waals surface area contributed by atoms with Gasteiger partial charge in [0.15, 0.2) is 0 Å². The topological polar surface area (TPSA) is 21.3 Å².